The van der Waals surface area contributed by atoms with Crippen LogP contribution in [0.3, 0.4) is 0 Å². The largest absolute Gasteiger partial charge is 0.467 e. The maximum absolute atomic E-state index is 12.5. The van der Waals surface area contributed by atoms with E-state index in [1.165, 1.54) is 11.3 Å². The minimum absolute atomic E-state index is 0.00471. The van der Waals surface area contributed by atoms with E-state index in [9.17, 15) is 4.79 Å². The lowest BCUT2D eigenvalue weighted by atomic mass is 10.2. The Bertz CT molecular complexity index is 829. The minimum atomic E-state index is -0.117. The summed E-state index contributed by atoms with van der Waals surface area (Å²) in [6.45, 7) is 1.94. The van der Waals surface area contributed by atoms with E-state index < -0.39 is 0 Å². The highest BCUT2D eigenvalue weighted by Gasteiger charge is 2.20. The molecule has 0 N–H and O–H groups in total. The molecule has 1 amide bonds. The molecule has 0 aliphatic carbocycles. The topological polar surface area (TPSA) is 46.3 Å². The average molecular weight is 361 g/mol. The summed E-state index contributed by atoms with van der Waals surface area (Å²) in [5.41, 5.74) is 1.64. The quantitative estimate of drug-likeness (QED) is 0.655. The fourth-order valence-corrected chi connectivity index (χ4v) is 3.50. The predicted octanol–water partition coefficient (Wildman–Crippen LogP) is 4.82. The molecular formula is C18H17ClN2O2S. The molecule has 0 radical (unpaired) electrons. The van der Waals surface area contributed by atoms with Crippen molar-refractivity contribution in [1.82, 2.24) is 9.88 Å². The third-order valence-corrected chi connectivity index (χ3v) is 5.17. The second kappa shape index (κ2) is 7.20. The first-order valence-corrected chi connectivity index (χ1v) is 8.80. The van der Waals surface area contributed by atoms with E-state index in [4.69, 9.17) is 16.0 Å². The van der Waals surface area contributed by atoms with Crippen LogP contribution in [-0.4, -0.2) is 22.8 Å². The van der Waals surface area contributed by atoms with Gasteiger partial charge in [0.25, 0.3) is 0 Å². The number of thiazole rings is 1. The van der Waals surface area contributed by atoms with Crippen molar-refractivity contribution in [2.24, 2.45) is 0 Å². The standard InChI is InChI=1S/C18H17ClN2O2S/c1-12(16-8-5-9-23-16)21(2)17(22)10-13-11-24-18(20-13)14-6-3-4-7-15(14)19/h3-9,11-12H,10H2,1-2H3. The lowest BCUT2D eigenvalue weighted by Crippen LogP contribution is -2.30. The summed E-state index contributed by atoms with van der Waals surface area (Å²) in [6.07, 6.45) is 1.86. The molecule has 3 aromatic rings. The smallest absolute Gasteiger partial charge is 0.228 e. The number of rotatable bonds is 5. The maximum Gasteiger partial charge on any atom is 0.228 e. The number of furan rings is 1. The summed E-state index contributed by atoms with van der Waals surface area (Å²) in [4.78, 5) is 18.7. The normalized spacial score (nSPS) is 12.1. The van der Waals surface area contributed by atoms with Crippen LogP contribution in [0.25, 0.3) is 10.6 Å². The molecule has 0 saturated carbocycles. The molecule has 24 heavy (non-hydrogen) atoms. The zero-order valence-corrected chi connectivity index (χ0v) is 15.0. The second-order valence-electron chi connectivity index (χ2n) is 5.50. The SMILES string of the molecule is CC(c1ccco1)N(C)C(=O)Cc1csc(-c2ccccc2Cl)n1. The summed E-state index contributed by atoms with van der Waals surface area (Å²) in [5.74, 6) is 0.760. The molecule has 2 heterocycles. The van der Waals surface area contributed by atoms with Gasteiger partial charge in [-0.1, -0.05) is 29.8 Å². The Morgan fingerprint density at radius 3 is 2.83 bits per heavy atom. The number of carbonyl (C=O) groups is 1. The van der Waals surface area contributed by atoms with Crippen molar-refractivity contribution in [3.8, 4) is 10.6 Å². The van der Waals surface area contributed by atoms with E-state index in [1.807, 2.05) is 48.7 Å². The third kappa shape index (κ3) is 3.52. The van der Waals surface area contributed by atoms with E-state index >= 15 is 0 Å². The zero-order chi connectivity index (χ0) is 17.1. The Labute approximate surface area is 149 Å². The first kappa shape index (κ1) is 16.7. The fourth-order valence-electron chi connectivity index (χ4n) is 2.36. The van der Waals surface area contributed by atoms with Gasteiger partial charge in [0.05, 0.1) is 29.4 Å². The summed E-state index contributed by atoms with van der Waals surface area (Å²) >= 11 is 7.70. The van der Waals surface area contributed by atoms with Crippen molar-refractivity contribution in [1.29, 1.82) is 0 Å². The van der Waals surface area contributed by atoms with Gasteiger partial charge in [-0.15, -0.1) is 11.3 Å². The van der Waals surface area contributed by atoms with Crippen molar-refractivity contribution in [2.75, 3.05) is 7.05 Å². The van der Waals surface area contributed by atoms with Crippen LogP contribution in [0, 0.1) is 0 Å². The van der Waals surface area contributed by atoms with Gasteiger partial charge in [0.2, 0.25) is 5.91 Å². The number of halogens is 1. The van der Waals surface area contributed by atoms with Crippen LogP contribution in [0.1, 0.15) is 24.4 Å². The molecule has 1 atom stereocenters. The lowest BCUT2D eigenvalue weighted by Gasteiger charge is -2.23. The molecule has 4 nitrogen and oxygen atoms in total. The molecule has 0 aliphatic rings. The van der Waals surface area contributed by atoms with Crippen molar-refractivity contribution in [2.45, 2.75) is 19.4 Å². The first-order valence-electron chi connectivity index (χ1n) is 7.54. The summed E-state index contributed by atoms with van der Waals surface area (Å²) in [6, 6.07) is 11.1. The molecule has 0 aliphatic heterocycles. The first-order chi connectivity index (χ1) is 11.6. The Morgan fingerprint density at radius 1 is 1.33 bits per heavy atom. The van der Waals surface area contributed by atoms with Crippen LogP contribution in [0.5, 0.6) is 0 Å². The van der Waals surface area contributed by atoms with Gasteiger partial charge in [0.1, 0.15) is 10.8 Å². The molecule has 0 fully saturated rings. The number of carbonyl (C=O) groups excluding carboxylic acids is 1. The van der Waals surface area contributed by atoms with Crippen LogP contribution in [0.4, 0.5) is 0 Å². The third-order valence-electron chi connectivity index (χ3n) is 3.92. The Balaban J connectivity index is 1.70. The molecule has 0 bridgehead atoms. The molecule has 0 spiro atoms. The maximum atomic E-state index is 12.5. The van der Waals surface area contributed by atoms with Crippen LogP contribution >= 0.6 is 22.9 Å². The van der Waals surface area contributed by atoms with Crippen LogP contribution in [0.2, 0.25) is 5.02 Å². The second-order valence-corrected chi connectivity index (χ2v) is 6.76. The van der Waals surface area contributed by atoms with Gasteiger partial charge in [-0.05, 0) is 25.1 Å². The number of benzene rings is 1. The predicted molar refractivity (Wildman–Crippen MR) is 96.2 cm³/mol. The molecule has 0 saturated heterocycles. The Hall–Kier alpha value is -2.11. The minimum Gasteiger partial charge on any atom is -0.467 e. The van der Waals surface area contributed by atoms with Gasteiger partial charge in [-0.3, -0.25) is 4.79 Å². The van der Waals surface area contributed by atoms with Crippen molar-refractivity contribution in [3.63, 3.8) is 0 Å². The van der Waals surface area contributed by atoms with E-state index in [-0.39, 0.29) is 18.4 Å². The number of nitrogens with zero attached hydrogens (tertiary/aromatic N) is 2. The highest BCUT2D eigenvalue weighted by Crippen LogP contribution is 2.30. The molecule has 3 rings (SSSR count). The highest BCUT2D eigenvalue weighted by molar-refractivity contribution is 7.13. The van der Waals surface area contributed by atoms with Crippen LogP contribution < -0.4 is 0 Å². The fraction of sp³-hybridized carbons (Fsp3) is 0.222. The molecule has 124 valence electrons. The van der Waals surface area contributed by atoms with Gasteiger partial charge in [0.15, 0.2) is 0 Å². The van der Waals surface area contributed by atoms with Crippen LogP contribution in [-0.2, 0) is 11.2 Å². The number of likely N-dealkylation sites (N-methyl/N-ethyl adjacent to an activating group) is 1. The molecule has 6 heteroatoms. The lowest BCUT2D eigenvalue weighted by molar-refractivity contribution is -0.131. The number of aromatic nitrogens is 1. The van der Waals surface area contributed by atoms with E-state index in [1.54, 1.807) is 18.2 Å². The van der Waals surface area contributed by atoms with E-state index in [0.717, 1.165) is 22.0 Å². The number of amides is 1. The number of hydrogen-bond acceptors (Lipinski definition) is 4. The molecule has 2 aromatic heterocycles. The van der Waals surface area contributed by atoms with Gasteiger partial charge in [0, 0.05) is 18.0 Å². The van der Waals surface area contributed by atoms with Crippen molar-refractivity contribution in [3.05, 3.63) is 64.5 Å². The van der Waals surface area contributed by atoms with Crippen LogP contribution in [0.15, 0.2) is 52.5 Å². The highest BCUT2D eigenvalue weighted by atomic mass is 35.5. The van der Waals surface area contributed by atoms with Gasteiger partial charge >= 0.3 is 0 Å². The molecule has 1 unspecified atom stereocenters. The Morgan fingerprint density at radius 2 is 2.12 bits per heavy atom. The van der Waals surface area contributed by atoms with Crippen molar-refractivity contribution < 1.29 is 9.21 Å². The Kier molecular flexibility index (Phi) is 5.02. The molecule has 1 aromatic carbocycles. The summed E-state index contributed by atoms with van der Waals surface area (Å²) < 4.78 is 5.37. The van der Waals surface area contributed by atoms with E-state index in [2.05, 4.69) is 4.98 Å². The number of hydrogen-bond donors (Lipinski definition) is 0. The summed E-state index contributed by atoms with van der Waals surface area (Å²) in [7, 11) is 1.77. The van der Waals surface area contributed by atoms with Gasteiger partial charge in [-0.2, -0.15) is 0 Å². The van der Waals surface area contributed by atoms with Gasteiger partial charge in [-0.25, -0.2) is 4.98 Å². The van der Waals surface area contributed by atoms with Crippen molar-refractivity contribution >= 4 is 28.8 Å². The monoisotopic (exact) mass is 360 g/mol. The van der Waals surface area contributed by atoms with E-state index in [0.29, 0.717) is 5.02 Å². The average Bonchev–Trinajstić information content (AvgIpc) is 3.25. The summed E-state index contributed by atoms with van der Waals surface area (Å²) in [5, 5.41) is 3.39. The van der Waals surface area contributed by atoms with Gasteiger partial charge < -0.3 is 9.32 Å². The zero-order valence-electron chi connectivity index (χ0n) is 13.4. The molecular weight excluding hydrogens is 344 g/mol.